The van der Waals surface area contributed by atoms with Crippen molar-refractivity contribution < 1.29 is 9.90 Å². The van der Waals surface area contributed by atoms with Crippen LogP contribution in [-0.4, -0.2) is 28.6 Å². The number of carbonyl (C=O) groups excluding carboxylic acids is 1. The minimum absolute atomic E-state index is 0.129. The molecule has 1 aromatic carbocycles. The fourth-order valence-electron chi connectivity index (χ4n) is 3.04. The lowest BCUT2D eigenvalue weighted by Gasteiger charge is -2.27. The van der Waals surface area contributed by atoms with E-state index in [-0.39, 0.29) is 18.6 Å². The van der Waals surface area contributed by atoms with Gasteiger partial charge in [0.2, 0.25) is 0 Å². The van der Waals surface area contributed by atoms with Gasteiger partial charge < -0.3 is 15.4 Å². The van der Waals surface area contributed by atoms with Gasteiger partial charge in [-0.3, -0.25) is 4.79 Å². The number of hydrogen-bond acceptors (Lipinski definition) is 2. The molecule has 3 rings (SSSR count). The van der Waals surface area contributed by atoms with E-state index in [1.807, 2.05) is 0 Å². The highest BCUT2D eigenvalue weighted by molar-refractivity contribution is 6.38. The van der Waals surface area contributed by atoms with Crippen LogP contribution in [0.4, 0.5) is 0 Å². The first-order valence-electron chi connectivity index (χ1n) is 7.46. The minimum atomic E-state index is -0.129. The molecular formula is C16H18Cl2N2O2. The van der Waals surface area contributed by atoms with E-state index in [0.717, 1.165) is 36.6 Å². The van der Waals surface area contributed by atoms with Crippen LogP contribution in [0.5, 0.6) is 0 Å². The quantitative estimate of drug-likeness (QED) is 0.796. The molecular weight excluding hydrogens is 323 g/mol. The summed E-state index contributed by atoms with van der Waals surface area (Å²) < 4.78 is 0. The van der Waals surface area contributed by atoms with Gasteiger partial charge in [0.15, 0.2) is 0 Å². The van der Waals surface area contributed by atoms with E-state index in [0.29, 0.717) is 21.7 Å². The average molecular weight is 341 g/mol. The normalized spacial score (nSPS) is 22.0. The number of aliphatic hydroxyl groups excluding tert-OH is 1. The number of halogens is 2. The molecule has 1 aliphatic carbocycles. The third kappa shape index (κ3) is 3.24. The van der Waals surface area contributed by atoms with Crippen LogP contribution in [0.15, 0.2) is 18.2 Å². The first-order valence-corrected chi connectivity index (χ1v) is 8.22. The van der Waals surface area contributed by atoms with Crippen molar-refractivity contribution in [2.75, 3.05) is 6.61 Å². The van der Waals surface area contributed by atoms with Gasteiger partial charge in [0.1, 0.15) is 5.69 Å². The maximum atomic E-state index is 12.4. The van der Waals surface area contributed by atoms with Crippen LogP contribution in [0.3, 0.4) is 0 Å². The molecule has 118 valence electrons. The van der Waals surface area contributed by atoms with Crippen molar-refractivity contribution in [3.8, 4) is 0 Å². The van der Waals surface area contributed by atoms with Crippen molar-refractivity contribution in [2.45, 2.75) is 31.7 Å². The van der Waals surface area contributed by atoms with Crippen LogP contribution >= 0.6 is 23.2 Å². The average Bonchev–Trinajstić information content (AvgIpc) is 2.92. The highest BCUT2D eigenvalue weighted by atomic mass is 35.5. The third-order valence-electron chi connectivity index (χ3n) is 4.34. The summed E-state index contributed by atoms with van der Waals surface area (Å²) in [7, 11) is 0. The molecule has 1 fully saturated rings. The lowest BCUT2D eigenvalue weighted by Crippen LogP contribution is -2.38. The molecule has 1 heterocycles. The maximum Gasteiger partial charge on any atom is 0.267 e. The number of aromatic nitrogens is 1. The molecule has 0 unspecified atom stereocenters. The highest BCUT2D eigenvalue weighted by Crippen LogP contribution is 2.29. The van der Waals surface area contributed by atoms with Crippen LogP contribution in [0, 0.1) is 5.92 Å². The van der Waals surface area contributed by atoms with Gasteiger partial charge in [-0.05, 0) is 49.8 Å². The van der Waals surface area contributed by atoms with Crippen LogP contribution in [0.25, 0.3) is 10.9 Å². The molecule has 22 heavy (non-hydrogen) atoms. The summed E-state index contributed by atoms with van der Waals surface area (Å²) in [5.41, 5.74) is 1.25. The smallest absolute Gasteiger partial charge is 0.267 e. The van der Waals surface area contributed by atoms with Crippen LogP contribution in [0.1, 0.15) is 36.2 Å². The summed E-state index contributed by atoms with van der Waals surface area (Å²) in [6.45, 7) is 0.238. The van der Waals surface area contributed by atoms with E-state index in [2.05, 4.69) is 10.3 Å². The van der Waals surface area contributed by atoms with Gasteiger partial charge in [-0.2, -0.15) is 0 Å². The lowest BCUT2D eigenvalue weighted by atomic mass is 9.86. The summed E-state index contributed by atoms with van der Waals surface area (Å²) in [5, 5.41) is 14.1. The first kappa shape index (κ1) is 15.7. The Bertz CT molecular complexity index is 691. The Labute approximate surface area is 138 Å². The maximum absolute atomic E-state index is 12.4. The van der Waals surface area contributed by atoms with Crippen LogP contribution < -0.4 is 5.32 Å². The van der Waals surface area contributed by atoms with E-state index in [1.165, 1.54) is 0 Å². The highest BCUT2D eigenvalue weighted by Gasteiger charge is 2.23. The second-order valence-corrected chi connectivity index (χ2v) is 6.75. The predicted molar refractivity (Wildman–Crippen MR) is 88.6 cm³/mol. The molecule has 1 amide bonds. The minimum Gasteiger partial charge on any atom is -0.396 e. The number of aromatic amines is 1. The first-order chi connectivity index (χ1) is 10.6. The molecule has 1 aromatic heterocycles. The van der Waals surface area contributed by atoms with Gasteiger partial charge in [-0.25, -0.2) is 0 Å². The van der Waals surface area contributed by atoms with Crippen molar-refractivity contribution >= 4 is 40.0 Å². The Morgan fingerprint density at radius 2 is 1.95 bits per heavy atom. The van der Waals surface area contributed by atoms with Gasteiger partial charge in [0.25, 0.3) is 5.91 Å². The molecule has 0 aliphatic heterocycles. The summed E-state index contributed by atoms with van der Waals surface area (Å²) in [6, 6.07) is 5.34. The molecule has 3 N–H and O–H groups in total. The van der Waals surface area contributed by atoms with Crippen molar-refractivity contribution in [1.82, 2.24) is 10.3 Å². The SMILES string of the molecule is O=C(NC1CCC(CO)CC1)c1cc2c(Cl)cc(Cl)cc2[nH]1. The Morgan fingerprint density at radius 1 is 1.23 bits per heavy atom. The summed E-state index contributed by atoms with van der Waals surface area (Å²) >= 11 is 12.1. The molecule has 2 aromatic rings. The zero-order valence-corrected chi connectivity index (χ0v) is 13.5. The standard InChI is InChI=1S/C16H18Cl2N2O2/c17-10-5-13(18)12-7-15(20-14(12)6-10)16(22)19-11-3-1-9(8-21)2-4-11/h5-7,9,11,20-21H,1-4,8H2,(H,19,22). The van der Waals surface area contributed by atoms with Crippen LogP contribution in [-0.2, 0) is 0 Å². The number of benzene rings is 1. The molecule has 4 nitrogen and oxygen atoms in total. The molecule has 6 heteroatoms. The number of aliphatic hydroxyl groups is 1. The number of rotatable bonds is 3. The fraction of sp³-hybridized carbons (Fsp3) is 0.438. The largest absolute Gasteiger partial charge is 0.396 e. The van der Waals surface area contributed by atoms with Crippen molar-refractivity contribution in [3.05, 3.63) is 33.9 Å². The molecule has 0 radical (unpaired) electrons. The number of nitrogens with one attached hydrogen (secondary N) is 2. The van der Waals surface area contributed by atoms with Gasteiger partial charge in [0, 0.05) is 28.6 Å². The number of hydrogen-bond donors (Lipinski definition) is 3. The van der Waals surface area contributed by atoms with E-state index in [4.69, 9.17) is 28.3 Å². The molecule has 0 spiro atoms. The number of fused-ring (bicyclic) bond motifs is 1. The van der Waals surface area contributed by atoms with E-state index >= 15 is 0 Å². The number of H-pyrrole nitrogens is 1. The monoisotopic (exact) mass is 340 g/mol. The van der Waals surface area contributed by atoms with Gasteiger partial charge in [0.05, 0.1) is 5.02 Å². The Hall–Kier alpha value is -1.23. The van der Waals surface area contributed by atoms with Crippen molar-refractivity contribution in [2.24, 2.45) is 5.92 Å². The number of amides is 1. The zero-order valence-electron chi connectivity index (χ0n) is 12.0. The topological polar surface area (TPSA) is 65.1 Å². The van der Waals surface area contributed by atoms with E-state index in [9.17, 15) is 4.79 Å². The van der Waals surface area contributed by atoms with Crippen molar-refractivity contribution in [3.63, 3.8) is 0 Å². The Morgan fingerprint density at radius 3 is 2.64 bits per heavy atom. The summed E-state index contributed by atoms with van der Waals surface area (Å²) in [6.07, 6.45) is 3.72. The molecule has 1 saturated carbocycles. The third-order valence-corrected chi connectivity index (χ3v) is 4.87. The molecule has 1 aliphatic rings. The number of carbonyl (C=O) groups is 1. The summed E-state index contributed by atoms with van der Waals surface area (Å²) in [4.78, 5) is 15.4. The molecule has 0 bridgehead atoms. The van der Waals surface area contributed by atoms with E-state index in [1.54, 1.807) is 18.2 Å². The van der Waals surface area contributed by atoms with Gasteiger partial charge >= 0.3 is 0 Å². The lowest BCUT2D eigenvalue weighted by molar-refractivity contribution is 0.0910. The van der Waals surface area contributed by atoms with Gasteiger partial charge in [-0.15, -0.1) is 0 Å². The summed E-state index contributed by atoms with van der Waals surface area (Å²) in [5.74, 6) is 0.248. The zero-order chi connectivity index (χ0) is 15.7. The second kappa shape index (κ2) is 6.49. The Kier molecular flexibility index (Phi) is 4.62. The van der Waals surface area contributed by atoms with Gasteiger partial charge in [-0.1, -0.05) is 23.2 Å². The second-order valence-electron chi connectivity index (χ2n) is 5.91. The van der Waals surface area contributed by atoms with Crippen LogP contribution in [0.2, 0.25) is 10.0 Å². The predicted octanol–water partition coefficient (Wildman–Crippen LogP) is 3.76. The van der Waals surface area contributed by atoms with E-state index < -0.39 is 0 Å². The van der Waals surface area contributed by atoms with Crippen molar-refractivity contribution in [1.29, 1.82) is 0 Å². The Balaban J connectivity index is 1.71. The molecule has 0 atom stereocenters. The molecule has 0 saturated heterocycles. The fourth-order valence-corrected chi connectivity index (χ4v) is 3.58.